The van der Waals surface area contributed by atoms with Gasteiger partial charge in [-0.05, 0) is 35.9 Å². The number of fused-ring (bicyclic) bond motifs is 1. The van der Waals surface area contributed by atoms with E-state index in [2.05, 4.69) is 4.98 Å². The zero-order chi connectivity index (χ0) is 14.8. The van der Waals surface area contributed by atoms with Crippen molar-refractivity contribution in [2.24, 2.45) is 0 Å². The number of H-pyrrole nitrogens is 1. The summed E-state index contributed by atoms with van der Waals surface area (Å²) < 4.78 is 13.3. The lowest BCUT2D eigenvalue weighted by molar-refractivity contribution is 0.0696. The first-order chi connectivity index (χ1) is 10.1. The van der Waals surface area contributed by atoms with E-state index in [-0.39, 0.29) is 5.56 Å². The first-order valence-electron chi connectivity index (χ1n) is 6.36. The molecule has 0 fully saturated rings. The highest BCUT2D eigenvalue weighted by molar-refractivity contribution is 7.98. The van der Waals surface area contributed by atoms with Crippen LogP contribution in [-0.2, 0) is 5.75 Å². The predicted molar refractivity (Wildman–Crippen MR) is 81.2 cm³/mol. The largest absolute Gasteiger partial charge is 0.478 e. The van der Waals surface area contributed by atoms with Crippen LogP contribution in [0.4, 0.5) is 4.39 Å². The third kappa shape index (κ3) is 2.92. The second-order valence-corrected chi connectivity index (χ2v) is 5.63. The van der Waals surface area contributed by atoms with Crippen LogP contribution in [0.25, 0.3) is 10.9 Å². The number of aromatic nitrogens is 1. The normalized spacial score (nSPS) is 10.9. The van der Waals surface area contributed by atoms with Crippen LogP contribution in [0.1, 0.15) is 15.9 Å². The van der Waals surface area contributed by atoms with Gasteiger partial charge in [0.15, 0.2) is 0 Å². The predicted octanol–water partition coefficient (Wildman–Crippen LogP) is 4.30. The van der Waals surface area contributed by atoms with E-state index >= 15 is 0 Å². The van der Waals surface area contributed by atoms with Gasteiger partial charge in [0, 0.05) is 16.7 Å². The Labute approximate surface area is 124 Å². The van der Waals surface area contributed by atoms with Crippen molar-refractivity contribution < 1.29 is 14.3 Å². The molecule has 2 aromatic carbocycles. The summed E-state index contributed by atoms with van der Waals surface area (Å²) in [7, 11) is 0. The van der Waals surface area contributed by atoms with E-state index in [9.17, 15) is 9.18 Å². The molecule has 21 heavy (non-hydrogen) atoms. The Hall–Kier alpha value is -2.27. The number of aromatic amines is 1. The molecule has 0 aliphatic heterocycles. The topological polar surface area (TPSA) is 53.1 Å². The summed E-state index contributed by atoms with van der Waals surface area (Å²) in [6.45, 7) is 0. The maximum atomic E-state index is 13.3. The number of aromatic carboxylic acids is 1. The molecule has 1 heterocycles. The van der Waals surface area contributed by atoms with Crippen LogP contribution in [0.15, 0.2) is 53.6 Å². The Morgan fingerprint density at radius 3 is 2.76 bits per heavy atom. The minimum Gasteiger partial charge on any atom is -0.478 e. The second-order valence-electron chi connectivity index (χ2n) is 4.62. The molecule has 0 unspecified atom stereocenters. The fraction of sp³-hybridized carbons (Fsp3) is 0.0625. The van der Waals surface area contributed by atoms with Gasteiger partial charge < -0.3 is 10.1 Å². The second kappa shape index (κ2) is 5.61. The summed E-state index contributed by atoms with van der Waals surface area (Å²) in [5.74, 6) is -1.07. The molecular formula is C16H12FNO2S. The maximum absolute atomic E-state index is 13.3. The number of para-hydroxylation sites is 1. The first kappa shape index (κ1) is 13.7. The van der Waals surface area contributed by atoms with Gasteiger partial charge in [-0.1, -0.05) is 18.2 Å². The fourth-order valence-electron chi connectivity index (χ4n) is 2.17. The van der Waals surface area contributed by atoms with Crippen LogP contribution in [-0.4, -0.2) is 16.1 Å². The highest BCUT2D eigenvalue weighted by Gasteiger charge is 2.11. The van der Waals surface area contributed by atoms with Crippen LogP contribution < -0.4 is 0 Å². The highest BCUT2D eigenvalue weighted by atomic mass is 32.2. The van der Waals surface area contributed by atoms with Gasteiger partial charge in [0.25, 0.3) is 0 Å². The summed E-state index contributed by atoms with van der Waals surface area (Å²) in [6, 6.07) is 13.6. The van der Waals surface area contributed by atoms with Gasteiger partial charge in [-0.25, -0.2) is 9.18 Å². The smallest absolute Gasteiger partial charge is 0.335 e. The standard InChI is InChI=1S/C16H12FNO2S/c17-12-5-6-13(16(19)20)11(7-12)9-21-15-8-10-3-1-2-4-14(10)18-15/h1-8,18H,9H2,(H,19,20). The number of benzene rings is 2. The molecule has 0 aliphatic carbocycles. The Morgan fingerprint density at radius 1 is 1.19 bits per heavy atom. The van der Waals surface area contributed by atoms with Gasteiger partial charge in [0.1, 0.15) is 5.82 Å². The van der Waals surface area contributed by atoms with Crippen LogP contribution in [0, 0.1) is 5.82 Å². The van der Waals surface area contributed by atoms with Gasteiger partial charge in [0.2, 0.25) is 0 Å². The number of hydrogen-bond donors (Lipinski definition) is 2. The first-order valence-corrected chi connectivity index (χ1v) is 7.34. The van der Waals surface area contributed by atoms with Gasteiger partial charge in [-0.3, -0.25) is 0 Å². The summed E-state index contributed by atoms with van der Waals surface area (Å²) in [4.78, 5) is 14.4. The number of carboxylic acids is 1. The lowest BCUT2D eigenvalue weighted by Gasteiger charge is -2.05. The van der Waals surface area contributed by atoms with Crippen molar-refractivity contribution >= 4 is 28.6 Å². The average molecular weight is 301 g/mol. The monoisotopic (exact) mass is 301 g/mol. The molecule has 0 radical (unpaired) electrons. The van der Waals surface area contributed by atoms with Gasteiger partial charge in [-0.15, -0.1) is 11.8 Å². The highest BCUT2D eigenvalue weighted by Crippen LogP contribution is 2.27. The van der Waals surface area contributed by atoms with Crippen LogP contribution in [0.5, 0.6) is 0 Å². The van der Waals surface area contributed by atoms with Crippen molar-refractivity contribution in [1.82, 2.24) is 4.98 Å². The van der Waals surface area contributed by atoms with Crippen molar-refractivity contribution in [2.45, 2.75) is 10.8 Å². The van der Waals surface area contributed by atoms with E-state index in [1.54, 1.807) is 0 Å². The van der Waals surface area contributed by atoms with E-state index < -0.39 is 11.8 Å². The molecule has 106 valence electrons. The fourth-order valence-corrected chi connectivity index (χ4v) is 3.11. The summed E-state index contributed by atoms with van der Waals surface area (Å²) >= 11 is 1.45. The van der Waals surface area contributed by atoms with Gasteiger partial charge >= 0.3 is 5.97 Å². The Bertz CT molecular complexity index is 780. The molecule has 0 atom stereocenters. The number of thioether (sulfide) groups is 1. The molecule has 0 bridgehead atoms. The minimum absolute atomic E-state index is 0.139. The Balaban J connectivity index is 1.84. The van der Waals surface area contributed by atoms with Crippen molar-refractivity contribution in [3.8, 4) is 0 Å². The van der Waals surface area contributed by atoms with Crippen LogP contribution in [0.3, 0.4) is 0 Å². The molecule has 3 aromatic rings. The van der Waals surface area contributed by atoms with Crippen molar-refractivity contribution in [1.29, 1.82) is 0 Å². The summed E-state index contributed by atoms with van der Waals surface area (Å²) in [5, 5.41) is 11.2. The molecule has 0 saturated carbocycles. The third-order valence-corrected chi connectivity index (χ3v) is 4.17. The van der Waals surface area contributed by atoms with Crippen molar-refractivity contribution in [2.75, 3.05) is 0 Å². The molecule has 3 rings (SSSR count). The van der Waals surface area contributed by atoms with Gasteiger partial charge in [0.05, 0.1) is 10.6 Å². The van der Waals surface area contributed by atoms with E-state index in [0.29, 0.717) is 11.3 Å². The van der Waals surface area contributed by atoms with E-state index in [4.69, 9.17) is 5.11 Å². The van der Waals surface area contributed by atoms with E-state index in [1.807, 2.05) is 30.3 Å². The SMILES string of the molecule is O=C(O)c1ccc(F)cc1CSc1cc2ccccc2[nH]1. The number of nitrogens with one attached hydrogen (secondary N) is 1. The number of carbonyl (C=O) groups is 1. The zero-order valence-corrected chi connectivity index (χ0v) is 11.8. The average Bonchev–Trinajstić information content (AvgIpc) is 2.87. The molecule has 5 heteroatoms. The van der Waals surface area contributed by atoms with Crippen molar-refractivity contribution in [3.05, 3.63) is 65.5 Å². The number of halogens is 1. The maximum Gasteiger partial charge on any atom is 0.335 e. The molecule has 0 amide bonds. The zero-order valence-electron chi connectivity index (χ0n) is 11.0. The van der Waals surface area contributed by atoms with Crippen LogP contribution >= 0.6 is 11.8 Å². The van der Waals surface area contributed by atoms with E-state index in [1.165, 1.54) is 30.0 Å². The third-order valence-electron chi connectivity index (χ3n) is 3.19. The molecule has 0 spiro atoms. The molecule has 0 aliphatic rings. The molecule has 0 saturated heterocycles. The summed E-state index contributed by atoms with van der Waals surface area (Å²) in [5.41, 5.74) is 1.64. The molecular weight excluding hydrogens is 289 g/mol. The number of rotatable bonds is 4. The minimum atomic E-state index is -1.04. The van der Waals surface area contributed by atoms with E-state index in [0.717, 1.165) is 15.9 Å². The molecule has 3 nitrogen and oxygen atoms in total. The number of carboxylic acid groups (broad SMARTS) is 1. The quantitative estimate of drug-likeness (QED) is 0.706. The van der Waals surface area contributed by atoms with Crippen LogP contribution in [0.2, 0.25) is 0 Å². The number of hydrogen-bond acceptors (Lipinski definition) is 2. The van der Waals surface area contributed by atoms with Crippen molar-refractivity contribution in [3.63, 3.8) is 0 Å². The Kier molecular flexibility index (Phi) is 3.66. The summed E-state index contributed by atoms with van der Waals surface area (Å²) in [6.07, 6.45) is 0. The lowest BCUT2D eigenvalue weighted by atomic mass is 10.1. The lowest BCUT2D eigenvalue weighted by Crippen LogP contribution is -2.02. The molecule has 1 aromatic heterocycles. The van der Waals surface area contributed by atoms with Gasteiger partial charge in [-0.2, -0.15) is 0 Å². The Morgan fingerprint density at radius 2 is 2.00 bits per heavy atom. The molecule has 2 N–H and O–H groups in total.